The molecule has 6 atom stereocenters. The quantitative estimate of drug-likeness (QED) is 0.280. The smallest absolute Gasteiger partial charge is 0.230 e. The number of ketones is 2. The molecule has 37 heavy (non-hydrogen) atoms. The molecule has 1 fully saturated rings. The fraction of sp³-hybridized carbons (Fsp3) is 0.538. The summed E-state index contributed by atoms with van der Waals surface area (Å²) in [6.45, 7) is 3.20. The van der Waals surface area contributed by atoms with Crippen LogP contribution in [0.5, 0.6) is 5.75 Å². The summed E-state index contributed by atoms with van der Waals surface area (Å²) in [5.74, 6) is -7.99. The van der Waals surface area contributed by atoms with Gasteiger partial charge in [-0.05, 0) is 50.4 Å². The summed E-state index contributed by atoms with van der Waals surface area (Å²) in [5.41, 5.74) is 4.25. The van der Waals surface area contributed by atoms with E-state index < -0.39 is 58.7 Å². The number of aryl methyl sites for hydroxylation is 1. The lowest BCUT2D eigenvalue weighted by Crippen LogP contribution is -2.71. The predicted octanol–water partition coefficient (Wildman–Crippen LogP) is -0.516. The molecule has 3 aliphatic carbocycles. The van der Waals surface area contributed by atoms with Crippen molar-refractivity contribution in [1.82, 2.24) is 10.2 Å². The molecule has 1 aromatic rings. The minimum Gasteiger partial charge on any atom is -0.508 e. The fourth-order valence-corrected chi connectivity index (χ4v) is 6.48. The van der Waals surface area contributed by atoms with Gasteiger partial charge in [-0.3, -0.25) is 19.2 Å². The Morgan fingerprint density at radius 2 is 1.86 bits per heavy atom. The van der Waals surface area contributed by atoms with E-state index in [0.29, 0.717) is 17.5 Å². The number of allylic oxidation sites excluding steroid dienone is 1. The van der Waals surface area contributed by atoms with Gasteiger partial charge in [-0.1, -0.05) is 13.0 Å². The van der Waals surface area contributed by atoms with Crippen molar-refractivity contribution in [2.75, 3.05) is 14.1 Å². The molecule has 0 bridgehead atoms. The molecule has 11 nitrogen and oxygen atoms in total. The van der Waals surface area contributed by atoms with Crippen molar-refractivity contribution in [3.05, 3.63) is 39.7 Å². The zero-order valence-corrected chi connectivity index (χ0v) is 21.2. The van der Waals surface area contributed by atoms with Crippen LogP contribution in [-0.4, -0.2) is 80.5 Å². The number of aliphatic hydroxyl groups excluding tert-OH is 2. The predicted molar refractivity (Wildman–Crippen MR) is 130 cm³/mol. The van der Waals surface area contributed by atoms with Crippen LogP contribution in [0.3, 0.4) is 0 Å². The zero-order chi connectivity index (χ0) is 27.6. The van der Waals surface area contributed by atoms with E-state index in [0.717, 1.165) is 5.56 Å². The first kappa shape index (κ1) is 26.8. The molecule has 3 aliphatic rings. The Bertz CT molecular complexity index is 1240. The van der Waals surface area contributed by atoms with Gasteiger partial charge in [0.15, 0.2) is 17.2 Å². The summed E-state index contributed by atoms with van der Waals surface area (Å²) < 4.78 is 0. The molecule has 1 aromatic carbocycles. The van der Waals surface area contributed by atoms with Gasteiger partial charge in [0.25, 0.3) is 0 Å². The monoisotopic (exact) mass is 515 g/mol. The number of fused-ring (bicyclic) bond motifs is 3. The lowest BCUT2D eigenvalue weighted by Gasteiger charge is -2.53. The second-order valence-electron chi connectivity index (χ2n) is 10.5. The third-order valence-corrected chi connectivity index (χ3v) is 8.17. The van der Waals surface area contributed by atoms with E-state index in [2.05, 4.69) is 5.32 Å². The molecular formula is C26H33N3O8. The number of carbonyl (C=O) groups is 4. The van der Waals surface area contributed by atoms with Gasteiger partial charge >= 0.3 is 0 Å². The second kappa shape index (κ2) is 9.23. The number of hydrogen-bond acceptors (Lipinski definition) is 9. The van der Waals surface area contributed by atoms with Gasteiger partial charge in [0, 0.05) is 36.6 Å². The van der Waals surface area contributed by atoms with Crippen LogP contribution in [0.4, 0.5) is 0 Å². The number of amides is 2. The number of benzene rings is 1. The van der Waals surface area contributed by atoms with Crippen LogP contribution >= 0.6 is 0 Å². The number of phenols is 1. The van der Waals surface area contributed by atoms with Crippen molar-refractivity contribution in [2.45, 2.75) is 57.4 Å². The zero-order valence-electron chi connectivity index (χ0n) is 21.2. The first-order valence-electron chi connectivity index (χ1n) is 12.3. The molecule has 0 radical (unpaired) electrons. The number of rotatable bonds is 5. The number of nitrogens with one attached hydrogen (secondary N) is 1. The van der Waals surface area contributed by atoms with Crippen molar-refractivity contribution in [1.29, 1.82) is 0 Å². The van der Waals surface area contributed by atoms with Crippen LogP contribution in [0.25, 0.3) is 0 Å². The van der Waals surface area contributed by atoms with E-state index in [4.69, 9.17) is 5.73 Å². The van der Waals surface area contributed by atoms with Gasteiger partial charge in [-0.2, -0.15) is 0 Å². The molecule has 4 rings (SSSR count). The Hall–Kier alpha value is -3.28. The van der Waals surface area contributed by atoms with Crippen LogP contribution in [0.1, 0.15) is 47.3 Å². The van der Waals surface area contributed by atoms with E-state index in [1.54, 1.807) is 25.1 Å². The minimum atomic E-state index is -2.62. The van der Waals surface area contributed by atoms with E-state index >= 15 is 0 Å². The van der Waals surface area contributed by atoms with Crippen molar-refractivity contribution >= 4 is 23.4 Å². The highest BCUT2D eigenvalue weighted by Gasteiger charge is 2.66. The summed E-state index contributed by atoms with van der Waals surface area (Å²) in [4.78, 5) is 52.3. The number of likely N-dealkylation sites (N-methyl/N-ethyl adjacent to an activating group) is 1. The maximum atomic E-state index is 13.8. The van der Waals surface area contributed by atoms with Crippen LogP contribution < -0.4 is 11.1 Å². The molecule has 0 spiro atoms. The van der Waals surface area contributed by atoms with E-state index in [1.165, 1.54) is 6.92 Å². The Morgan fingerprint density at radius 3 is 2.41 bits per heavy atom. The number of aromatic hydroxyl groups is 1. The average Bonchev–Trinajstić information content (AvgIpc) is 2.80. The standard InChI is InChI=1S/C26H33N3O8/c1-5-11-6-13(9-28-10(2)30)20(31)17-14(11)7-12-8-15-19(29(3)4)22(33)18(25(27)36)24(35)26(15,37)23(34)16(12)21(17)32/h6,12,15,18-19,22,31,33-34,37H,5,7-9H2,1-4H3,(H2,27,36)(H,28,30)/t12-,15-,18?,19?,22?,26-/m0/s1. The lowest BCUT2D eigenvalue weighted by atomic mass is 9.55. The van der Waals surface area contributed by atoms with Crippen LogP contribution in [0, 0.1) is 17.8 Å². The van der Waals surface area contributed by atoms with E-state index in [9.17, 15) is 39.6 Å². The van der Waals surface area contributed by atoms with Gasteiger partial charge in [-0.15, -0.1) is 0 Å². The van der Waals surface area contributed by atoms with Crippen molar-refractivity contribution < 1.29 is 39.6 Å². The fourth-order valence-electron chi connectivity index (χ4n) is 6.48. The highest BCUT2D eigenvalue weighted by Crippen LogP contribution is 2.53. The van der Waals surface area contributed by atoms with Gasteiger partial charge in [0.05, 0.1) is 11.7 Å². The molecule has 0 heterocycles. The molecule has 7 N–H and O–H groups in total. The normalized spacial score (nSPS) is 31.1. The van der Waals surface area contributed by atoms with Crippen LogP contribution in [0.15, 0.2) is 17.4 Å². The minimum absolute atomic E-state index is 0.0175. The van der Waals surface area contributed by atoms with E-state index in [-0.39, 0.29) is 42.2 Å². The number of phenolic OH excluding ortho intramolecular Hbond substituents is 1. The molecule has 0 saturated heterocycles. The lowest BCUT2D eigenvalue weighted by molar-refractivity contribution is -0.178. The third kappa shape index (κ3) is 3.84. The number of nitrogens with two attached hydrogens (primary N) is 1. The van der Waals surface area contributed by atoms with Crippen molar-refractivity contribution in [3.8, 4) is 5.75 Å². The van der Waals surface area contributed by atoms with Crippen LogP contribution in [-0.2, 0) is 33.8 Å². The van der Waals surface area contributed by atoms with Crippen LogP contribution in [0.2, 0.25) is 0 Å². The van der Waals surface area contributed by atoms with Gasteiger partial charge in [0.2, 0.25) is 11.8 Å². The second-order valence-corrected chi connectivity index (χ2v) is 10.5. The number of nitrogens with zero attached hydrogens (tertiary/aromatic N) is 1. The Morgan fingerprint density at radius 1 is 1.22 bits per heavy atom. The molecule has 2 amide bonds. The Labute approximate surface area is 213 Å². The maximum absolute atomic E-state index is 13.8. The number of aliphatic hydroxyl groups is 3. The van der Waals surface area contributed by atoms with Crippen molar-refractivity contribution in [3.63, 3.8) is 0 Å². The maximum Gasteiger partial charge on any atom is 0.230 e. The van der Waals surface area contributed by atoms with Gasteiger partial charge < -0.3 is 36.4 Å². The van der Waals surface area contributed by atoms with Gasteiger partial charge in [0.1, 0.15) is 17.4 Å². The molecular weight excluding hydrogens is 482 g/mol. The molecule has 1 saturated carbocycles. The third-order valence-electron chi connectivity index (χ3n) is 8.17. The molecule has 3 unspecified atom stereocenters. The number of carbonyl (C=O) groups excluding carboxylic acids is 4. The SMILES string of the molecule is CCc1cc(CNC(C)=O)c(O)c2c1C[C@H]1C[C@H]3C(N(C)C)C(O)C(C(N)=O)C(=O)[C@@]3(O)C(O)=C1C2=O. The summed E-state index contributed by atoms with van der Waals surface area (Å²) >= 11 is 0. The van der Waals surface area contributed by atoms with Crippen molar-refractivity contribution in [2.24, 2.45) is 23.5 Å². The molecule has 200 valence electrons. The molecule has 0 aliphatic heterocycles. The average molecular weight is 516 g/mol. The number of primary amides is 1. The Kier molecular flexibility index (Phi) is 6.68. The highest BCUT2D eigenvalue weighted by atomic mass is 16.3. The number of hydrogen-bond donors (Lipinski definition) is 6. The summed E-state index contributed by atoms with van der Waals surface area (Å²) in [6.07, 6.45) is -0.673. The number of Topliss-reactive ketones (excluding diaryl/α,β-unsaturated/α-hetero) is 2. The highest BCUT2D eigenvalue weighted by molar-refractivity contribution is 6.15. The first-order chi connectivity index (χ1) is 17.3. The first-order valence-corrected chi connectivity index (χ1v) is 12.3. The topological polar surface area (TPSA) is 190 Å². The molecule has 11 heteroatoms. The van der Waals surface area contributed by atoms with Gasteiger partial charge in [-0.25, -0.2) is 0 Å². The summed E-state index contributed by atoms with van der Waals surface area (Å²) in [5, 5.41) is 47.6. The largest absolute Gasteiger partial charge is 0.508 e. The summed E-state index contributed by atoms with van der Waals surface area (Å²) in [7, 11) is 3.23. The Balaban J connectivity index is 1.91. The molecule has 0 aromatic heterocycles. The summed E-state index contributed by atoms with van der Waals surface area (Å²) in [6, 6.07) is 0.818. The van der Waals surface area contributed by atoms with E-state index in [1.807, 2.05) is 6.92 Å².